The van der Waals surface area contributed by atoms with Crippen LogP contribution in [0, 0.1) is 0 Å². The number of amides is 3. The summed E-state index contributed by atoms with van der Waals surface area (Å²) in [6.07, 6.45) is -0.000403. The Morgan fingerprint density at radius 2 is 1.55 bits per heavy atom. The minimum absolute atomic E-state index is 0.000403. The van der Waals surface area contributed by atoms with E-state index in [1.54, 1.807) is 39.0 Å². The van der Waals surface area contributed by atoms with Gasteiger partial charge in [-0.2, -0.15) is 0 Å². The summed E-state index contributed by atoms with van der Waals surface area (Å²) < 4.78 is 27.3. The first-order valence-corrected chi connectivity index (χ1v) is 11.0. The van der Waals surface area contributed by atoms with Crippen LogP contribution in [0.4, 0.5) is 5.69 Å². The molecule has 0 fully saturated rings. The number of hydrogen-bond donors (Lipinski definition) is 4. The van der Waals surface area contributed by atoms with Crippen molar-refractivity contribution in [2.24, 2.45) is 5.73 Å². The van der Waals surface area contributed by atoms with E-state index in [2.05, 4.69) is 15.4 Å². The van der Waals surface area contributed by atoms with E-state index < -0.39 is 33.3 Å². The summed E-state index contributed by atoms with van der Waals surface area (Å²) in [5.41, 5.74) is 5.12. The van der Waals surface area contributed by atoms with E-state index in [0.717, 1.165) is 0 Å². The van der Waals surface area contributed by atoms with Gasteiger partial charge in [-0.15, -0.1) is 0 Å². The molecular weight excluding hydrogens is 420 g/mol. The number of primary amides is 1. The number of nitrogens with two attached hydrogens (primary N) is 1. The molecule has 0 unspecified atom stereocenters. The molecule has 0 radical (unpaired) electrons. The van der Waals surface area contributed by atoms with Gasteiger partial charge in [-0.05, 0) is 57.2 Å². The normalized spacial score (nSPS) is 11.6. The van der Waals surface area contributed by atoms with Crippen LogP contribution in [0.1, 0.15) is 47.9 Å². The zero-order valence-electron chi connectivity index (χ0n) is 17.6. The second-order valence-electron chi connectivity index (χ2n) is 7.85. The third kappa shape index (κ3) is 7.19. The lowest BCUT2D eigenvalue weighted by molar-refractivity contribution is -0.117. The number of anilines is 1. The molecule has 0 heterocycles. The van der Waals surface area contributed by atoms with Gasteiger partial charge in [0.1, 0.15) is 0 Å². The number of carbonyl (C=O) groups is 3. The van der Waals surface area contributed by atoms with Gasteiger partial charge in [0.25, 0.3) is 11.8 Å². The summed E-state index contributed by atoms with van der Waals surface area (Å²) in [7, 11) is -3.72. The fourth-order valence-corrected chi connectivity index (χ4v) is 4.04. The summed E-state index contributed by atoms with van der Waals surface area (Å²) in [6, 6.07) is 11.8. The molecule has 0 spiro atoms. The number of para-hydroxylation sites is 1. The van der Waals surface area contributed by atoms with Crippen molar-refractivity contribution in [3.63, 3.8) is 0 Å². The lowest BCUT2D eigenvalue weighted by Crippen LogP contribution is -2.40. The van der Waals surface area contributed by atoms with Crippen molar-refractivity contribution >= 4 is 33.4 Å². The van der Waals surface area contributed by atoms with E-state index in [0.29, 0.717) is 0 Å². The van der Waals surface area contributed by atoms with Gasteiger partial charge in [-0.3, -0.25) is 14.4 Å². The molecule has 31 heavy (non-hydrogen) atoms. The van der Waals surface area contributed by atoms with Crippen molar-refractivity contribution in [3.8, 4) is 0 Å². The Balaban J connectivity index is 2.14. The fourth-order valence-electron chi connectivity index (χ4n) is 2.63. The maximum Gasteiger partial charge on any atom is 0.255 e. The van der Waals surface area contributed by atoms with Gasteiger partial charge in [0.15, 0.2) is 0 Å². The first kappa shape index (κ1) is 24.0. The predicted octanol–water partition coefficient (Wildman–Crippen LogP) is 1.62. The Bertz CT molecular complexity index is 1070. The summed E-state index contributed by atoms with van der Waals surface area (Å²) in [5.74, 6) is -1.51. The van der Waals surface area contributed by atoms with Gasteiger partial charge in [0.2, 0.25) is 15.9 Å². The van der Waals surface area contributed by atoms with Crippen molar-refractivity contribution in [2.45, 2.75) is 37.6 Å². The fraction of sp³-hybridized carbons (Fsp3) is 0.286. The zero-order chi connectivity index (χ0) is 23.2. The van der Waals surface area contributed by atoms with Gasteiger partial charge >= 0.3 is 0 Å². The molecule has 10 heteroatoms. The number of rotatable bonds is 8. The highest BCUT2D eigenvalue weighted by atomic mass is 32.2. The SMILES string of the molecule is CC(C)(C)NS(=O)(=O)c1ccc(C(=O)Nc2ccccc2C(=O)NCCC(N)=O)cc1. The van der Waals surface area contributed by atoms with Crippen molar-refractivity contribution in [1.29, 1.82) is 0 Å². The summed E-state index contributed by atoms with van der Waals surface area (Å²) in [6.45, 7) is 5.27. The number of hydrogen-bond acceptors (Lipinski definition) is 5. The Kier molecular flexibility index (Phi) is 7.53. The average molecular weight is 447 g/mol. The van der Waals surface area contributed by atoms with E-state index in [1.807, 2.05) is 0 Å². The molecule has 0 bridgehead atoms. The van der Waals surface area contributed by atoms with E-state index in [1.165, 1.54) is 30.3 Å². The van der Waals surface area contributed by atoms with Gasteiger partial charge < -0.3 is 16.4 Å². The molecule has 0 saturated heterocycles. The molecule has 166 valence electrons. The van der Waals surface area contributed by atoms with Crippen molar-refractivity contribution < 1.29 is 22.8 Å². The van der Waals surface area contributed by atoms with Gasteiger partial charge in [-0.25, -0.2) is 13.1 Å². The van der Waals surface area contributed by atoms with Crippen LogP contribution >= 0.6 is 0 Å². The van der Waals surface area contributed by atoms with Crippen molar-refractivity contribution in [1.82, 2.24) is 10.0 Å². The quantitative estimate of drug-likeness (QED) is 0.486. The highest BCUT2D eigenvalue weighted by Gasteiger charge is 2.22. The maximum absolute atomic E-state index is 12.6. The third-order valence-electron chi connectivity index (χ3n) is 3.94. The molecule has 0 aliphatic carbocycles. The second-order valence-corrected chi connectivity index (χ2v) is 9.53. The number of nitrogens with one attached hydrogen (secondary N) is 3. The van der Waals surface area contributed by atoms with Crippen LogP contribution in [0.2, 0.25) is 0 Å². The topological polar surface area (TPSA) is 147 Å². The number of benzene rings is 2. The largest absolute Gasteiger partial charge is 0.370 e. The molecule has 0 aliphatic rings. The molecule has 9 nitrogen and oxygen atoms in total. The zero-order valence-corrected chi connectivity index (χ0v) is 18.4. The standard InChI is InChI=1S/C21H26N4O5S/c1-21(2,3)25-31(29,30)15-10-8-14(9-11-15)19(27)24-17-7-5-4-6-16(17)20(28)23-13-12-18(22)26/h4-11,25H,12-13H2,1-3H3,(H2,22,26)(H,23,28)(H,24,27). The monoisotopic (exact) mass is 446 g/mol. The Morgan fingerprint density at radius 3 is 2.13 bits per heavy atom. The smallest absolute Gasteiger partial charge is 0.255 e. The van der Waals surface area contributed by atoms with Crippen LogP contribution < -0.4 is 21.1 Å². The Morgan fingerprint density at radius 1 is 0.935 bits per heavy atom. The number of sulfonamides is 1. The highest BCUT2D eigenvalue weighted by Crippen LogP contribution is 2.18. The minimum Gasteiger partial charge on any atom is -0.370 e. The average Bonchev–Trinajstić information content (AvgIpc) is 2.66. The first-order valence-electron chi connectivity index (χ1n) is 9.50. The molecule has 2 aromatic carbocycles. The second kappa shape index (κ2) is 9.71. The van der Waals surface area contributed by atoms with Gasteiger partial charge in [0.05, 0.1) is 16.1 Å². The Hall–Kier alpha value is -3.24. The molecule has 0 saturated carbocycles. The Labute approximate surface area is 181 Å². The molecule has 0 aromatic heterocycles. The lowest BCUT2D eigenvalue weighted by atomic mass is 10.1. The number of carbonyl (C=O) groups excluding carboxylic acids is 3. The summed E-state index contributed by atoms with van der Waals surface area (Å²) in [4.78, 5) is 35.8. The van der Waals surface area contributed by atoms with E-state index in [9.17, 15) is 22.8 Å². The van der Waals surface area contributed by atoms with Crippen LogP contribution in [0.3, 0.4) is 0 Å². The molecule has 2 rings (SSSR count). The summed E-state index contributed by atoms with van der Waals surface area (Å²) in [5, 5.41) is 5.21. The van der Waals surface area contributed by atoms with Crippen molar-refractivity contribution in [2.75, 3.05) is 11.9 Å². The first-order chi connectivity index (χ1) is 14.4. The maximum atomic E-state index is 12.6. The van der Waals surface area contributed by atoms with E-state index >= 15 is 0 Å². The minimum atomic E-state index is -3.72. The van der Waals surface area contributed by atoms with E-state index in [4.69, 9.17) is 5.73 Å². The van der Waals surface area contributed by atoms with Crippen LogP contribution in [0.15, 0.2) is 53.4 Å². The van der Waals surface area contributed by atoms with Gasteiger partial charge in [0, 0.05) is 24.1 Å². The van der Waals surface area contributed by atoms with Crippen LogP contribution in [0.25, 0.3) is 0 Å². The van der Waals surface area contributed by atoms with Crippen molar-refractivity contribution in [3.05, 3.63) is 59.7 Å². The molecule has 2 aromatic rings. The molecular formula is C21H26N4O5S. The molecule has 5 N–H and O–H groups in total. The highest BCUT2D eigenvalue weighted by molar-refractivity contribution is 7.89. The summed E-state index contributed by atoms with van der Waals surface area (Å²) >= 11 is 0. The molecule has 0 atom stereocenters. The van der Waals surface area contributed by atoms with Gasteiger partial charge in [-0.1, -0.05) is 12.1 Å². The van der Waals surface area contributed by atoms with Crippen LogP contribution in [-0.4, -0.2) is 38.2 Å². The lowest BCUT2D eigenvalue weighted by Gasteiger charge is -2.20. The predicted molar refractivity (Wildman–Crippen MR) is 117 cm³/mol. The van der Waals surface area contributed by atoms with Crippen LogP contribution in [-0.2, 0) is 14.8 Å². The van der Waals surface area contributed by atoms with E-state index in [-0.39, 0.29) is 34.7 Å². The molecule has 0 aliphatic heterocycles. The molecule has 3 amide bonds. The van der Waals surface area contributed by atoms with Crippen LogP contribution in [0.5, 0.6) is 0 Å². The third-order valence-corrected chi connectivity index (χ3v) is 5.72.